The van der Waals surface area contributed by atoms with Gasteiger partial charge in [-0.1, -0.05) is 6.07 Å². The lowest BCUT2D eigenvalue weighted by Gasteiger charge is -2.00. The molecule has 0 heterocycles. The van der Waals surface area contributed by atoms with E-state index in [-0.39, 0.29) is 10.1 Å². The van der Waals surface area contributed by atoms with Crippen molar-refractivity contribution in [2.24, 2.45) is 0 Å². The topological polar surface area (TPSA) is 34.1 Å². The summed E-state index contributed by atoms with van der Waals surface area (Å²) >= 11 is 0. The molecule has 1 fully saturated rings. The van der Waals surface area contributed by atoms with Crippen molar-refractivity contribution in [2.45, 2.75) is 23.0 Å². The number of sulfone groups is 1. The van der Waals surface area contributed by atoms with Crippen molar-refractivity contribution in [3.8, 4) is 0 Å². The van der Waals surface area contributed by atoms with Crippen LogP contribution in [0.15, 0.2) is 23.1 Å². The predicted molar refractivity (Wildman–Crippen MR) is 45.4 cm³/mol. The molecule has 69 valence electrons. The van der Waals surface area contributed by atoms with E-state index in [2.05, 4.69) is 6.07 Å². The number of benzene rings is 1. The maximum absolute atomic E-state index is 12.7. The molecule has 1 aromatic rings. The van der Waals surface area contributed by atoms with Gasteiger partial charge in [-0.2, -0.15) is 0 Å². The lowest BCUT2D eigenvalue weighted by molar-refractivity contribution is 0.589. The minimum atomic E-state index is -3.25. The zero-order chi connectivity index (χ0) is 9.47. The van der Waals surface area contributed by atoms with E-state index in [0.29, 0.717) is 12.8 Å². The first-order valence-corrected chi connectivity index (χ1v) is 5.56. The predicted octanol–water partition coefficient (Wildman–Crippen LogP) is 1.56. The number of hydrogen-bond acceptors (Lipinski definition) is 2. The fraction of sp³-hybridized carbons (Fsp3) is 0.333. The molecule has 2 nitrogen and oxygen atoms in total. The van der Waals surface area contributed by atoms with E-state index < -0.39 is 15.7 Å². The maximum atomic E-state index is 12.7. The van der Waals surface area contributed by atoms with Crippen LogP contribution < -0.4 is 0 Å². The smallest absolute Gasteiger partial charge is 0.181 e. The summed E-state index contributed by atoms with van der Waals surface area (Å²) in [6, 6.07) is 5.98. The van der Waals surface area contributed by atoms with Crippen LogP contribution in [0.4, 0.5) is 4.39 Å². The Morgan fingerprint density at radius 2 is 2.15 bits per heavy atom. The van der Waals surface area contributed by atoms with Gasteiger partial charge in [-0.05, 0) is 25.0 Å². The Morgan fingerprint density at radius 3 is 2.69 bits per heavy atom. The third-order valence-electron chi connectivity index (χ3n) is 2.03. The van der Waals surface area contributed by atoms with Crippen LogP contribution in [0.3, 0.4) is 0 Å². The minimum absolute atomic E-state index is 0.0752. The monoisotopic (exact) mass is 199 g/mol. The summed E-state index contributed by atoms with van der Waals surface area (Å²) in [6.45, 7) is 0. The Kier molecular flexibility index (Phi) is 1.87. The minimum Gasteiger partial charge on any atom is -0.223 e. The molecule has 1 radical (unpaired) electrons. The molecule has 1 aliphatic rings. The average Bonchev–Trinajstić information content (AvgIpc) is 2.86. The molecular weight excluding hydrogens is 191 g/mol. The molecule has 0 atom stereocenters. The summed E-state index contributed by atoms with van der Waals surface area (Å²) in [5, 5.41) is -0.283. The van der Waals surface area contributed by atoms with Crippen LogP contribution in [-0.2, 0) is 9.84 Å². The second kappa shape index (κ2) is 2.80. The molecule has 1 aromatic carbocycles. The molecule has 0 aromatic heterocycles. The highest BCUT2D eigenvalue weighted by Crippen LogP contribution is 2.33. The SMILES string of the molecule is O=S(=O)(c1cc[c]c(F)c1)C1CC1. The Balaban J connectivity index is 2.45. The molecule has 2 rings (SSSR count). The molecule has 0 bridgehead atoms. The Hall–Kier alpha value is -0.900. The molecule has 0 saturated heterocycles. The summed E-state index contributed by atoms with van der Waals surface area (Å²) in [4.78, 5) is 0.0752. The zero-order valence-electron chi connectivity index (χ0n) is 6.83. The second-order valence-electron chi connectivity index (χ2n) is 3.12. The van der Waals surface area contributed by atoms with Gasteiger partial charge >= 0.3 is 0 Å². The fourth-order valence-electron chi connectivity index (χ4n) is 1.17. The third-order valence-corrected chi connectivity index (χ3v) is 4.29. The summed E-state index contributed by atoms with van der Waals surface area (Å²) in [5.41, 5.74) is 0. The molecule has 1 aliphatic carbocycles. The van der Waals surface area contributed by atoms with Crippen molar-refractivity contribution in [1.29, 1.82) is 0 Å². The van der Waals surface area contributed by atoms with Gasteiger partial charge in [0.05, 0.1) is 10.1 Å². The van der Waals surface area contributed by atoms with Crippen LogP contribution >= 0.6 is 0 Å². The quantitative estimate of drug-likeness (QED) is 0.724. The van der Waals surface area contributed by atoms with Crippen LogP contribution in [0.2, 0.25) is 0 Å². The van der Waals surface area contributed by atoms with Crippen molar-refractivity contribution in [3.63, 3.8) is 0 Å². The number of halogens is 1. The molecule has 0 amide bonds. The molecule has 0 aliphatic heterocycles. The summed E-state index contributed by atoms with van der Waals surface area (Å²) in [5.74, 6) is -0.623. The van der Waals surface area contributed by atoms with E-state index in [1.165, 1.54) is 12.1 Å². The van der Waals surface area contributed by atoms with Crippen molar-refractivity contribution in [3.05, 3.63) is 30.1 Å². The van der Waals surface area contributed by atoms with Gasteiger partial charge in [0.1, 0.15) is 5.82 Å². The Morgan fingerprint density at radius 1 is 1.46 bits per heavy atom. The van der Waals surface area contributed by atoms with Gasteiger partial charge in [0, 0.05) is 6.07 Å². The van der Waals surface area contributed by atoms with E-state index in [1.54, 1.807) is 0 Å². The highest BCUT2D eigenvalue weighted by Gasteiger charge is 2.36. The lowest BCUT2D eigenvalue weighted by Crippen LogP contribution is -2.07. The van der Waals surface area contributed by atoms with Crippen LogP contribution in [0.5, 0.6) is 0 Å². The molecule has 4 heteroatoms. The van der Waals surface area contributed by atoms with Crippen LogP contribution in [0, 0.1) is 11.9 Å². The highest BCUT2D eigenvalue weighted by molar-refractivity contribution is 7.92. The fourth-order valence-corrected chi connectivity index (χ4v) is 2.83. The van der Waals surface area contributed by atoms with Crippen molar-refractivity contribution >= 4 is 9.84 Å². The molecule has 13 heavy (non-hydrogen) atoms. The number of rotatable bonds is 2. The first-order chi connectivity index (χ1) is 6.10. The largest absolute Gasteiger partial charge is 0.223 e. The summed E-state index contributed by atoms with van der Waals surface area (Å²) < 4.78 is 35.8. The Bertz CT molecular complexity index is 421. The van der Waals surface area contributed by atoms with E-state index in [9.17, 15) is 12.8 Å². The average molecular weight is 199 g/mol. The van der Waals surface area contributed by atoms with Gasteiger partial charge < -0.3 is 0 Å². The van der Waals surface area contributed by atoms with Crippen molar-refractivity contribution in [1.82, 2.24) is 0 Å². The lowest BCUT2D eigenvalue weighted by atomic mass is 10.4. The van der Waals surface area contributed by atoms with E-state index in [4.69, 9.17) is 0 Å². The molecular formula is C9H8FO2S. The van der Waals surface area contributed by atoms with Gasteiger partial charge in [-0.25, -0.2) is 12.8 Å². The van der Waals surface area contributed by atoms with Crippen LogP contribution in [0.25, 0.3) is 0 Å². The molecule has 0 unspecified atom stereocenters. The maximum Gasteiger partial charge on any atom is 0.181 e. The standard InChI is InChI=1S/C9H8FO2S/c10-7-2-1-3-9(6-7)13(11,12)8-4-5-8/h1,3,6,8H,4-5H2. The third kappa shape index (κ3) is 1.58. The summed E-state index contributed by atoms with van der Waals surface area (Å²) in [6.07, 6.45) is 1.39. The molecule has 1 saturated carbocycles. The van der Waals surface area contributed by atoms with E-state index in [1.807, 2.05) is 0 Å². The first-order valence-electron chi connectivity index (χ1n) is 4.02. The normalized spacial score (nSPS) is 17.3. The van der Waals surface area contributed by atoms with Gasteiger partial charge in [0.2, 0.25) is 0 Å². The van der Waals surface area contributed by atoms with E-state index >= 15 is 0 Å². The highest BCUT2D eigenvalue weighted by atomic mass is 32.2. The second-order valence-corrected chi connectivity index (χ2v) is 5.34. The van der Waals surface area contributed by atoms with Gasteiger partial charge in [-0.3, -0.25) is 0 Å². The van der Waals surface area contributed by atoms with Crippen molar-refractivity contribution < 1.29 is 12.8 Å². The first kappa shape index (κ1) is 8.69. The summed E-state index contributed by atoms with van der Waals surface area (Å²) in [7, 11) is -3.25. The van der Waals surface area contributed by atoms with Gasteiger partial charge in [-0.15, -0.1) is 0 Å². The van der Waals surface area contributed by atoms with Gasteiger partial charge in [0.15, 0.2) is 9.84 Å². The van der Waals surface area contributed by atoms with E-state index in [0.717, 1.165) is 6.07 Å². The molecule has 0 spiro atoms. The van der Waals surface area contributed by atoms with Crippen LogP contribution in [0.1, 0.15) is 12.8 Å². The Labute approximate surface area is 76.3 Å². The molecule has 0 N–H and O–H groups in total. The van der Waals surface area contributed by atoms with Crippen molar-refractivity contribution in [2.75, 3.05) is 0 Å². The number of hydrogen-bond donors (Lipinski definition) is 0. The van der Waals surface area contributed by atoms with Crippen LogP contribution in [-0.4, -0.2) is 13.7 Å². The zero-order valence-corrected chi connectivity index (χ0v) is 7.64. The van der Waals surface area contributed by atoms with Gasteiger partial charge in [0.25, 0.3) is 0 Å².